The Kier molecular flexibility index (Phi) is 7.13. The minimum Gasteiger partial charge on any atom is -0.309 e. The lowest BCUT2D eigenvalue weighted by molar-refractivity contribution is 0.660. The van der Waals surface area contributed by atoms with Gasteiger partial charge in [-0.2, -0.15) is 0 Å². The van der Waals surface area contributed by atoms with E-state index in [-0.39, 0.29) is 5.41 Å². The van der Waals surface area contributed by atoms with Crippen LogP contribution in [0, 0.1) is 0 Å². The van der Waals surface area contributed by atoms with Crippen LogP contribution < -0.4 is 4.90 Å². The number of benzene rings is 10. The predicted molar refractivity (Wildman–Crippen MR) is 267 cm³/mol. The quantitative estimate of drug-likeness (QED) is 0.172. The van der Waals surface area contributed by atoms with Gasteiger partial charge in [-0.1, -0.05) is 190 Å². The first-order chi connectivity index (χ1) is 31.5. The maximum absolute atomic E-state index is 2.58. The largest absolute Gasteiger partial charge is 0.309 e. The SMILES string of the molecule is CC1(C)c2ccccc2-c2c(N(c3ccc4c5ccccc5n(-c5ccccc5)c4c3)c3ccc4c5c(cccc35)C3(c5ccccc5-c5ccccc53)c3ccccc3-4)cccc21. The van der Waals surface area contributed by atoms with Gasteiger partial charge in [0.05, 0.1) is 27.8 Å². The molecular formula is C62H42N2. The normalized spacial score (nSPS) is 14.3. The molecule has 2 heteroatoms. The van der Waals surface area contributed by atoms with Crippen molar-refractivity contribution in [2.45, 2.75) is 24.7 Å². The van der Waals surface area contributed by atoms with Crippen LogP contribution in [0.5, 0.6) is 0 Å². The van der Waals surface area contributed by atoms with Crippen LogP contribution in [-0.2, 0) is 10.8 Å². The maximum atomic E-state index is 2.58. The highest BCUT2D eigenvalue weighted by molar-refractivity contribution is 6.15. The summed E-state index contributed by atoms with van der Waals surface area (Å²) in [6, 6.07) is 82.1. The fourth-order valence-corrected chi connectivity index (χ4v) is 12.4. The van der Waals surface area contributed by atoms with Crippen LogP contribution in [0.25, 0.3) is 71.6 Å². The van der Waals surface area contributed by atoms with Crippen LogP contribution in [0.15, 0.2) is 218 Å². The number of aromatic nitrogens is 1. The molecule has 1 spiro atoms. The lowest BCUT2D eigenvalue weighted by Gasteiger charge is -2.40. The van der Waals surface area contributed by atoms with Gasteiger partial charge in [0, 0.05) is 38.5 Å². The van der Waals surface area contributed by atoms with Crippen molar-refractivity contribution in [3.8, 4) is 39.1 Å². The summed E-state index contributed by atoms with van der Waals surface area (Å²) in [6.45, 7) is 4.76. The fraction of sp³-hybridized carbons (Fsp3) is 0.0645. The second kappa shape index (κ2) is 12.8. The van der Waals surface area contributed by atoms with Crippen molar-refractivity contribution in [1.82, 2.24) is 4.57 Å². The lowest BCUT2D eigenvalue weighted by Crippen LogP contribution is -2.31. The van der Waals surface area contributed by atoms with E-state index in [1.54, 1.807) is 0 Å². The molecule has 0 amide bonds. The van der Waals surface area contributed by atoms with Crippen LogP contribution in [0.2, 0.25) is 0 Å². The molecule has 0 saturated carbocycles. The number of anilines is 3. The Morgan fingerprint density at radius 1 is 0.359 bits per heavy atom. The van der Waals surface area contributed by atoms with E-state index < -0.39 is 5.41 Å². The molecule has 11 aromatic rings. The van der Waals surface area contributed by atoms with Crippen molar-refractivity contribution in [3.63, 3.8) is 0 Å². The second-order valence-corrected chi connectivity index (χ2v) is 18.3. The highest BCUT2D eigenvalue weighted by Crippen LogP contribution is 2.63. The number of rotatable bonds is 4. The summed E-state index contributed by atoms with van der Waals surface area (Å²) >= 11 is 0. The third-order valence-corrected chi connectivity index (χ3v) is 15.0. The molecule has 0 saturated heterocycles. The van der Waals surface area contributed by atoms with Crippen molar-refractivity contribution >= 4 is 49.6 Å². The smallest absolute Gasteiger partial charge is 0.0725 e. The van der Waals surface area contributed by atoms with Crippen molar-refractivity contribution in [2.24, 2.45) is 0 Å². The Balaban J connectivity index is 1.11. The van der Waals surface area contributed by atoms with Crippen LogP contribution in [0.3, 0.4) is 0 Å². The molecule has 3 aliphatic rings. The minimum atomic E-state index is -0.480. The van der Waals surface area contributed by atoms with E-state index >= 15 is 0 Å². The number of nitrogens with zero attached hydrogens (tertiary/aromatic N) is 2. The molecule has 0 radical (unpaired) electrons. The zero-order valence-corrected chi connectivity index (χ0v) is 35.7. The fourth-order valence-electron chi connectivity index (χ4n) is 12.4. The van der Waals surface area contributed by atoms with E-state index in [1.807, 2.05) is 0 Å². The molecule has 3 aliphatic carbocycles. The second-order valence-electron chi connectivity index (χ2n) is 18.3. The summed E-state index contributed by atoms with van der Waals surface area (Å²) < 4.78 is 2.44. The molecule has 0 atom stereocenters. The zero-order chi connectivity index (χ0) is 42.3. The minimum absolute atomic E-state index is 0.156. The Morgan fingerprint density at radius 3 is 1.64 bits per heavy atom. The van der Waals surface area contributed by atoms with Crippen LogP contribution >= 0.6 is 0 Å². The molecular weight excluding hydrogens is 773 g/mol. The van der Waals surface area contributed by atoms with Crippen molar-refractivity contribution in [3.05, 3.63) is 252 Å². The van der Waals surface area contributed by atoms with Crippen molar-refractivity contribution < 1.29 is 0 Å². The van der Waals surface area contributed by atoms with Crippen LogP contribution in [0.4, 0.5) is 17.1 Å². The van der Waals surface area contributed by atoms with Gasteiger partial charge in [-0.15, -0.1) is 0 Å². The summed E-state index contributed by atoms with van der Waals surface area (Å²) in [4.78, 5) is 2.58. The summed E-state index contributed by atoms with van der Waals surface area (Å²) in [5.41, 5.74) is 22.2. The van der Waals surface area contributed by atoms with Gasteiger partial charge in [0.2, 0.25) is 0 Å². The van der Waals surface area contributed by atoms with E-state index in [0.717, 1.165) is 17.1 Å². The number of fused-ring (bicyclic) bond motifs is 15. The van der Waals surface area contributed by atoms with Crippen molar-refractivity contribution in [2.75, 3.05) is 4.90 Å². The van der Waals surface area contributed by atoms with Gasteiger partial charge in [0.25, 0.3) is 0 Å². The Labute approximate surface area is 372 Å². The number of para-hydroxylation sites is 2. The molecule has 64 heavy (non-hydrogen) atoms. The molecule has 2 nitrogen and oxygen atoms in total. The van der Waals surface area contributed by atoms with E-state index in [1.165, 1.54) is 105 Å². The molecule has 10 aromatic carbocycles. The van der Waals surface area contributed by atoms with Crippen LogP contribution in [0.1, 0.15) is 47.2 Å². The molecule has 1 aromatic heterocycles. The van der Waals surface area contributed by atoms with E-state index in [4.69, 9.17) is 0 Å². The van der Waals surface area contributed by atoms with Gasteiger partial charge in [-0.3, -0.25) is 0 Å². The predicted octanol–water partition coefficient (Wildman–Crippen LogP) is 16.1. The Bertz CT molecular complexity index is 3730. The Morgan fingerprint density at radius 2 is 0.906 bits per heavy atom. The highest BCUT2D eigenvalue weighted by Gasteiger charge is 2.50. The van der Waals surface area contributed by atoms with Gasteiger partial charge < -0.3 is 9.47 Å². The number of hydrogen-bond donors (Lipinski definition) is 0. The lowest BCUT2D eigenvalue weighted by atomic mass is 9.61. The first kappa shape index (κ1) is 35.6. The van der Waals surface area contributed by atoms with Gasteiger partial charge >= 0.3 is 0 Å². The first-order valence-corrected chi connectivity index (χ1v) is 22.5. The molecule has 0 bridgehead atoms. The molecule has 14 rings (SSSR count). The average Bonchev–Trinajstić information content (AvgIpc) is 3.93. The topological polar surface area (TPSA) is 8.17 Å². The molecule has 0 N–H and O–H groups in total. The van der Waals surface area contributed by atoms with E-state index in [0.29, 0.717) is 0 Å². The van der Waals surface area contributed by atoms with E-state index in [9.17, 15) is 0 Å². The van der Waals surface area contributed by atoms with Gasteiger partial charge in [-0.25, -0.2) is 0 Å². The summed E-state index contributed by atoms with van der Waals surface area (Å²) in [6.07, 6.45) is 0. The van der Waals surface area contributed by atoms with Gasteiger partial charge in [-0.05, 0) is 109 Å². The zero-order valence-electron chi connectivity index (χ0n) is 35.7. The molecule has 0 aliphatic heterocycles. The van der Waals surface area contributed by atoms with Crippen molar-refractivity contribution in [1.29, 1.82) is 0 Å². The molecule has 0 unspecified atom stereocenters. The third kappa shape index (κ3) is 4.44. The Hall–Kier alpha value is -7.94. The summed E-state index contributed by atoms with van der Waals surface area (Å²) in [7, 11) is 0. The van der Waals surface area contributed by atoms with Crippen LogP contribution in [-0.4, -0.2) is 4.57 Å². The summed E-state index contributed by atoms with van der Waals surface area (Å²) in [5, 5.41) is 5.03. The van der Waals surface area contributed by atoms with Gasteiger partial charge in [0.15, 0.2) is 0 Å². The summed E-state index contributed by atoms with van der Waals surface area (Å²) in [5.74, 6) is 0. The molecule has 300 valence electrons. The van der Waals surface area contributed by atoms with E-state index in [2.05, 4.69) is 242 Å². The molecule has 0 fully saturated rings. The average molecular weight is 815 g/mol. The third-order valence-electron chi connectivity index (χ3n) is 15.0. The number of hydrogen-bond acceptors (Lipinski definition) is 1. The first-order valence-electron chi connectivity index (χ1n) is 22.5. The highest BCUT2D eigenvalue weighted by atomic mass is 15.2. The maximum Gasteiger partial charge on any atom is 0.0725 e. The van der Waals surface area contributed by atoms with Gasteiger partial charge in [0.1, 0.15) is 0 Å². The standard InChI is InChI=1S/C62H42N2/c1-61(2)49-26-11-9-24-47(49)60-53(61)30-17-33-57(60)64(40-34-35-45-44-23-10-15-32-55(44)63(58(45)38-40)39-18-4-3-5-19-39)56-37-36-46-43-22-8-14-29-52(43)62(54-31-16-25-48(56)59(46)54)50-27-12-6-20-41(50)42-21-7-13-28-51(42)62/h3-38H,1-2H3. The monoisotopic (exact) mass is 814 g/mol. The molecule has 1 heterocycles.